The number of aliphatic hydroxyl groups excluding tert-OH is 2. The number of nitrogens with one attached hydrogen (secondary N) is 1. The van der Waals surface area contributed by atoms with Gasteiger partial charge in [0.25, 0.3) is 5.56 Å². The molecule has 230 valence electrons. The van der Waals surface area contributed by atoms with Gasteiger partial charge in [-0.1, -0.05) is 96.3 Å². The lowest BCUT2D eigenvalue weighted by Crippen LogP contribution is -2.39. The molecule has 10 nitrogen and oxygen atoms in total. The van der Waals surface area contributed by atoms with Crippen molar-refractivity contribution in [3.8, 4) is 0 Å². The summed E-state index contributed by atoms with van der Waals surface area (Å²) in [4.78, 5) is 36.8. The highest BCUT2D eigenvalue weighted by molar-refractivity contribution is 5.68. The highest BCUT2D eigenvalue weighted by atomic mass is 16.6. The van der Waals surface area contributed by atoms with E-state index < -0.39 is 42.4 Å². The molecule has 1 aromatic heterocycles. The second kappa shape index (κ2) is 20.8. The maximum Gasteiger partial charge on any atom is 0.330 e. The summed E-state index contributed by atoms with van der Waals surface area (Å²) in [7, 11) is 1.45. The average molecular weight is 569 g/mol. The van der Waals surface area contributed by atoms with E-state index in [0.29, 0.717) is 13.0 Å². The van der Waals surface area contributed by atoms with Crippen LogP contribution in [0.4, 0.5) is 0 Å². The maximum atomic E-state index is 12.2. The van der Waals surface area contributed by atoms with Crippen molar-refractivity contribution in [2.45, 2.75) is 140 Å². The van der Waals surface area contributed by atoms with Gasteiger partial charge in [0.2, 0.25) is 0 Å². The van der Waals surface area contributed by atoms with Crippen molar-refractivity contribution in [3.05, 3.63) is 33.1 Å². The third-order valence-electron chi connectivity index (χ3n) is 7.68. The first-order valence-corrected chi connectivity index (χ1v) is 15.4. The van der Waals surface area contributed by atoms with Crippen molar-refractivity contribution in [2.75, 3.05) is 20.3 Å². The van der Waals surface area contributed by atoms with Crippen molar-refractivity contribution in [3.63, 3.8) is 0 Å². The molecule has 0 saturated carbocycles. The van der Waals surface area contributed by atoms with Gasteiger partial charge in [-0.15, -0.1) is 0 Å². The Kier molecular flexibility index (Phi) is 17.8. The van der Waals surface area contributed by atoms with Crippen molar-refractivity contribution in [2.24, 2.45) is 0 Å². The molecule has 40 heavy (non-hydrogen) atoms. The first-order valence-electron chi connectivity index (χ1n) is 15.4. The average Bonchev–Trinajstić information content (AvgIpc) is 3.26. The van der Waals surface area contributed by atoms with Gasteiger partial charge in [0.05, 0.1) is 13.7 Å². The lowest BCUT2D eigenvalue weighted by molar-refractivity contribution is -0.140. The number of aliphatic hydroxyl groups is 2. The van der Waals surface area contributed by atoms with E-state index in [0.717, 1.165) is 32.1 Å². The van der Waals surface area contributed by atoms with E-state index >= 15 is 0 Å². The number of unbranched alkanes of at least 4 members (excludes halogenated alkanes) is 16. The standard InChI is InChI=1S/C30H52N2O8/c1-38-26(35)19-17-15-13-11-9-7-5-3-2-4-6-8-10-12-14-16-18-22-39-28-27(36)24(23-33)40-29(28)32-21-20-25(34)31-30(32)37/h20-21,24,27-29,33,36H,2-19,22-23H2,1H3,(H,31,34,37)/t24-,27?,28?,29-/m1/s1. The first-order chi connectivity index (χ1) is 19.5. The van der Waals surface area contributed by atoms with Crippen LogP contribution in [-0.4, -0.2) is 64.4 Å². The highest BCUT2D eigenvalue weighted by Gasteiger charge is 2.45. The Balaban J connectivity index is 1.42. The molecule has 1 saturated heterocycles. The van der Waals surface area contributed by atoms with E-state index in [1.165, 1.54) is 101 Å². The molecule has 4 atom stereocenters. The van der Waals surface area contributed by atoms with E-state index in [1.54, 1.807) is 0 Å². The third-order valence-corrected chi connectivity index (χ3v) is 7.68. The summed E-state index contributed by atoms with van der Waals surface area (Å²) < 4.78 is 17.4. The SMILES string of the molecule is COC(=O)CCCCCCCCCCCCCCCCCCCOC1C(O)[C@@H](CO)O[C@H]1n1ccc(=O)[nH]c1=O. The Labute approximate surface area is 238 Å². The number of carbonyl (C=O) groups excluding carboxylic acids is 1. The third kappa shape index (κ3) is 13.1. The topological polar surface area (TPSA) is 140 Å². The van der Waals surface area contributed by atoms with Gasteiger partial charge in [0.15, 0.2) is 6.23 Å². The zero-order chi connectivity index (χ0) is 29.0. The van der Waals surface area contributed by atoms with Crippen LogP contribution < -0.4 is 11.2 Å². The fourth-order valence-electron chi connectivity index (χ4n) is 5.25. The number of hydrogen-bond acceptors (Lipinski definition) is 8. The summed E-state index contributed by atoms with van der Waals surface area (Å²) in [5, 5.41) is 20.0. The number of methoxy groups -OCH3 is 1. The number of carbonyl (C=O) groups is 1. The van der Waals surface area contributed by atoms with Crippen molar-refractivity contribution in [1.29, 1.82) is 0 Å². The summed E-state index contributed by atoms with van der Waals surface area (Å²) in [6, 6.07) is 1.21. The molecule has 0 radical (unpaired) electrons. The zero-order valence-electron chi connectivity index (χ0n) is 24.4. The van der Waals surface area contributed by atoms with Crippen LogP contribution in [0.25, 0.3) is 0 Å². The predicted molar refractivity (Wildman–Crippen MR) is 153 cm³/mol. The largest absolute Gasteiger partial charge is 0.469 e. The molecule has 3 N–H and O–H groups in total. The maximum absolute atomic E-state index is 12.2. The number of aromatic nitrogens is 2. The van der Waals surface area contributed by atoms with Crippen LogP contribution in [-0.2, 0) is 19.0 Å². The molecule has 0 amide bonds. The molecular weight excluding hydrogens is 516 g/mol. The van der Waals surface area contributed by atoms with Crippen molar-refractivity contribution >= 4 is 5.97 Å². The monoisotopic (exact) mass is 568 g/mol. The summed E-state index contributed by atoms with van der Waals surface area (Å²) in [6.45, 7) is 0.0325. The van der Waals surface area contributed by atoms with Gasteiger partial charge in [-0.25, -0.2) is 4.79 Å². The minimum atomic E-state index is -1.07. The van der Waals surface area contributed by atoms with E-state index in [-0.39, 0.29) is 5.97 Å². The van der Waals surface area contributed by atoms with Gasteiger partial charge in [0.1, 0.15) is 18.3 Å². The molecule has 0 spiro atoms. The van der Waals surface area contributed by atoms with Crippen LogP contribution in [0, 0.1) is 0 Å². The lowest BCUT2D eigenvalue weighted by atomic mass is 10.0. The normalized spacial score (nSPS) is 20.7. The van der Waals surface area contributed by atoms with Gasteiger partial charge >= 0.3 is 11.7 Å². The van der Waals surface area contributed by atoms with E-state index in [4.69, 9.17) is 9.47 Å². The van der Waals surface area contributed by atoms with Gasteiger partial charge in [-0.2, -0.15) is 0 Å². The fourth-order valence-corrected chi connectivity index (χ4v) is 5.25. The molecule has 0 bridgehead atoms. The van der Waals surface area contributed by atoms with E-state index in [2.05, 4.69) is 9.72 Å². The first kappa shape index (κ1) is 34.2. The second-order valence-electron chi connectivity index (χ2n) is 10.9. The quantitative estimate of drug-likeness (QED) is 0.131. The molecule has 2 rings (SSSR count). The predicted octanol–water partition coefficient (Wildman–Crippen LogP) is 4.37. The van der Waals surface area contributed by atoms with Crippen LogP contribution >= 0.6 is 0 Å². The molecule has 10 heteroatoms. The van der Waals surface area contributed by atoms with Crippen LogP contribution in [0.15, 0.2) is 21.9 Å². The number of esters is 1. The van der Waals surface area contributed by atoms with Gasteiger partial charge in [-0.3, -0.25) is 19.1 Å². The number of H-pyrrole nitrogens is 1. The summed E-state index contributed by atoms with van der Waals surface area (Å²) in [6.07, 6.45) is 18.8. The Morgan fingerprint density at radius 2 is 1.38 bits per heavy atom. The lowest BCUT2D eigenvalue weighted by Gasteiger charge is -2.22. The molecule has 1 aliphatic heterocycles. The van der Waals surface area contributed by atoms with Crippen LogP contribution in [0.3, 0.4) is 0 Å². The van der Waals surface area contributed by atoms with Gasteiger partial charge < -0.3 is 24.4 Å². The number of nitrogens with zero attached hydrogens (tertiary/aromatic N) is 1. The Bertz CT molecular complexity index is 917. The van der Waals surface area contributed by atoms with E-state index in [9.17, 15) is 24.6 Å². The Morgan fingerprint density at radius 3 is 1.85 bits per heavy atom. The van der Waals surface area contributed by atoms with Crippen molar-refractivity contribution < 1.29 is 29.2 Å². The second-order valence-corrected chi connectivity index (χ2v) is 10.9. The summed E-state index contributed by atoms with van der Waals surface area (Å²) in [5.74, 6) is -0.0987. The summed E-state index contributed by atoms with van der Waals surface area (Å²) >= 11 is 0. The van der Waals surface area contributed by atoms with Crippen LogP contribution in [0.1, 0.15) is 122 Å². The van der Waals surface area contributed by atoms with E-state index in [1.807, 2.05) is 0 Å². The molecule has 0 aliphatic carbocycles. The fraction of sp³-hybridized carbons (Fsp3) is 0.833. The minimum absolute atomic E-state index is 0.0987. The molecular formula is C30H52N2O8. The Morgan fingerprint density at radius 1 is 0.875 bits per heavy atom. The Hall–Kier alpha value is -2.01. The summed E-state index contributed by atoms with van der Waals surface area (Å²) in [5.41, 5.74) is -1.16. The minimum Gasteiger partial charge on any atom is -0.469 e. The number of hydrogen-bond donors (Lipinski definition) is 3. The number of aromatic amines is 1. The molecule has 1 aromatic rings. The molecule has 2 heterocycles. The van der Waals surface area contributed by atoms with Crippen molar-refractivity contribution in [1.82, 2.24) is 9.55 Å². The smallest absolute Gasteiger partial charge is 0.330 e. The molecule has 0 aromatic carbocycles. The van der Waals surface area contributed by atoms with Gasteiger partial charge in [0, 0.05) is 25.3 Å². The van der Waals surface area contributed by atoms with Gasteiger partial charge in [-0.05, 0) is 12.8 Å². The zero-order valence-corrected chi connectivity index (χ0v) is 24.4. The van der Waals surface area contributed by atoms with Crippen LogP contribution in [0.2, 0.25) is 0 Å². The molecule has 1 fully saturated rings. The highest BCUT2D eigenvalue weighted by Crippen LogP contribution is 2.30. The molecule has 2 unspecified atom stereocenters. The van der Waals surface area contributed by atoms with Crippen LogP contribution in [0.5, 0.6) is 0 Å². The number of ether oxygens (including phenoxy) is 3. The number of rotatable bonds is 23. The molecule has 1 aliphatic rings.